The Bertz CT molecular complexity index is 859. The summed E-state index contributed by atoms with van der Waals surface area (Å²) in [5.41, 5.74) is 21.6. The highest BCUT2D eigenvalue weighted by atomic mass is 16.4. The van der Waals surface area contributed by atoms with E-state index in [1.807, 2.05) is 13.8 Å². The van der Waals surface area contributed by atoms with Crippen LogP contribution in [0.2, 0.25) is 0 Å². The second-order valence-corrected chi connectivity index (χ2v) is 8.81. The van der Waals surface area contributed by atoms with E-state index in [9.17, 15) is 33.9 Å². The van der Waals surface area contributed by atoms with Gasteiger partial charge in [-0.05, 0) is 31.6 Å². The van der Waals surface area contributed by atoms with E-state index in [1.54, 1.807) is 0 Å². The van der Waals surface area contributed by atoms with Crippen molar-refractivity contribution in [1.29, 1.82) is 0 Å². The molecule has 0 aliphatic rings. The number of nitrogens with two attached hydrogens (primary N) is 4. The Hall–Kier alpha value is -3.95. The Morgan fingerprint density at radius 2 is 1.35 bits per heavy atom. The lowest BCUT2D eigenvalue weighted by molar-refractivity contribution is -0.143. The molecule has 16 heteroatoms. The van der Waals surface area contributed by atoms with E-state index in [0.717, 1.165) is 0 Å². The van der Waals surface area contributed by atoms with Crippen molar-refractivity contribution in [2.24, 2.45) is 33.8 Å². The quantitative estimate of drug-likeness (QED) is 0.0480. The fourth-order valence-electron chi connectivity index (χ4n) is 3.15. The highest BCUT2D eigenvalue weighted by molar-refractivity contribution is 5.96. The summed E-state index contributed by atoms with van der Waals surface area (Å²) in [5, 5.41) is 25.0. The first-order valence-corrected chi connectivity index (χ1v) is 11.6. The number of aliphatic carboxylic acids is 2. The number of carbonyl (C=O) groups excluding carboxylic acids is 4. The maximum atomic E-state index is 12.9. The zero-order chi connectivity index (χ0) is 28.7. The molecule has 0 rings (SSSR count). The summed E-state index contributed by atoms with van der Waals surface area (Å²) in [4.78, 5) is 75.7. The van der Waals surface area contributed by atoms with Gasteiger partial charge in [0.25, 0.3) is 0 Å². The van der Waals surface area contributed by atoms with Crippen LogP contribution in [-0.4, -0.2) is 82.5 Å². The predicted molar refractivity (Wildman–Crippen MR) is 131 cm³/mol. The number of amides is 4. The SMILES string of the molecule is CC(C)CC(N)C(=O)NC(CC(N)=O)C(=O)NC(CCCN=C(N)N)C(=O)NC(CCC(=O)O)C(=O)O. The predicted octanol–water partition coefficient (Wildman–Crippen LogP) is -3.31. The van der Waals surface area contributed by atoms with Gasteiger partial charge in [-0.2, -0.15) is 0 Å². The molecule has 37 heavy (non-hydrogen) atoms. The van der Waals surface area contributed by atoms with Crippen molar-refractivity contribution >= 4 is 41.5 Å². The number of carbonyl (C=O) groups is 6. The van der Waals surface area contributed by atoms with E-state index in [-0.39, 0.29) is 31.3 Å². The number of hydrogen-bond donors (Lipinski definition) is 9. The summed E-state index contributed by atoms with van der Waals surface area (Å²) < 4.78 is 0. The fraction of sp³-hybridized carbons (Fsp3) is 0.667. The minimum absolute atomic E-state index is 0.0657. The number of nitrogens with one attached hydrogen (secondary N) is 3. The molecule has 4 unspecified atom stereocenters. The van der Waals surface area contributed by atoms with E-state index < -0.39 is 79.0 Å². The molecule has 0 aliphatic carbocycles. The molecule has 4 atom stereocenters. The maximum absolute atomic E-state index is 12.9. The number of guanidine groups is 1. The number of rotatable bonds is 18. The van der Waals surface area contributed by atoms with Gasteiger partial charge in [0.05, 0.1) is 12.5 Å². The van der Waals surface area contributed by atoms with E-state index in [1.165, 1.54) is 0 Å². The number of aliphatic imine (C=N–C) groups is 1. The summed E-state index contributed by atoms with van der Waals surface area (Å²) in [5.74, 6) is -6.35. The summed E-state index contributed by atoms with van der Waals surface area (Å²) in [6.07, 6.45) is -1.11. The molecule has 0 saturated heterocycles. The van der Waals surface area contributed by atoms with Crippen LogP contribution in [0, 0.1) is 5.92 Å². The van der Waals surface area contributed by atoms with Crippen molar-refractivity contribution in [2.45, 2.75) is 76.5 Å². The van der Waals surface area contributed by atoms with Gasteiger partial charge in [-0.25, -0.2) is 4.79 Å². The average molecular weight is 531 g/mol. The second kappa shape index (κ2) is 16.7. The monoisotopic (exact) mass is 530 g/mol. The van der Waals surface area contributed by atoms with Crippen LogP contribution in [0.15, 0.2) is 4.99 Å². The first kappa shape index (κ1) is 33.0. The van der Waals surface area contributed by atoms with Gasteiger partial charge in [0, 0.05) is 13.0 Å². The van der Waals surface area contributed by atoms with Crippen molar-refractivity contribution in [2.75, 3.05) is 6.54 Å². The number of carboxylic acids is 2. The lowest BCUT2D eigenvalue weighted by atomic mass is 10.0. The number of nitrogens with zero attached hydrogens (tertiary/aromatic N) is 1. The molecule has 0 aliphatic heterocycles. The van der Waals surface area contributed by atoms with Crippen LogP contribution in [0.3, 0.4) is 0 Å². The Morgan fingerprint density at radius 1 is 0.811 bits per heavy atom. The standard InChI is InChI=1S/C21H38N8O8/c1-10(2)8-11(22)17(33)29-14(9-15(23)30)19(35)27-12(4-3-7-26-21(24)25)18(34)28-13(20(36)37)5-6-16(31)32/h10-14H,3-9,22H2,1-2H3,(H2,23,30)(H,27,35)(H,28,34)(H,29,33)(H,31,32)(H,36,37)(H4,24,25,26). The van der Waals surface area contributed by atoms with Crippen LogP contribution < -0.4 is 38.9 Å². The largest absolute Gasteiger partial charge is 0.481 e. The summed E-state index contributed by atoms with van der Waals surface area (Å²) >= 11 is 0. The Morgan fingerprint density at radius 3 is 1.84 bits per heavy atom. The lowest BCUT2D eigenvalue weighted by Gasteiger charge is -2.25. The third-order valence-electron chi connectivity index (χ3n) is 4.94. The van der Waals surface area contributed by atoms with Crippen molar-refractivity contribution < 1.29 is 39.0 Å². The van der Waals surface area contributed by atoms with Crippen LogP contribution in [-0.2, 0) is 28.8 Å². The molecule has 0 heterocycles. The topological polar surface area (TPSA) is 295 Å². The number of primary amides is 1. The van der Waals surface area contributed by atoms with Crippen molar-refractivity contribution in [3.05, 3.63) is 0 Å². The zero-order valence-electron chi connectivity index (χ0n) is 20.9. The molecular formula is C21H38N8O8. The van der Waals surface area contributed by atoms with Crippen LogP contribution >= 0.6 is 0 Å². The molecule has 0 aromatic heterocycles. The van der Waals surface area contributed by atoms with Gasteiger partial charge in [0.1, 0.15) is 18.1 Å². The van der Waals surface area contributed by atoms with Gasteiger partial charge in [-0.3, -0.25) is 29.0 Å². The van der Waals surface area contributed by atoms with E-state index >= 15 is 0 Å². The second-order valence-electron chi connectivity index (χ2n) is 8.81. The van der Waals surface area contributed by atoms with E-state index in [2.05, 4.69) is 20.9 Å². The molecule has 0 aromatic carbocycles. The van der Waals surface area contributed by atoms with Crippen LogP contribution in [0.4, 0.5) is 0 Å². The summed E-state index contributed by atoms with van der Waals surface area (Å²) in [7, 11) is 0. The van der Waals surface area contributed by atoms with E-state index in [0.29, 0.717) is 6.42 Å². The Labute approximate surface area is 214 Å². The van der Waals surface area contributed by atoms with Gasteiger partial charge < -0.3 is 49.1 Å². The van der Waals surface area contributed by atoms with Gasteiger partial charge in [0.2, 0.25) is 23.6 Å². The molecule has 0 fully saturated rings. The highest BCUT2D eigenvalue weighted by Gasteiger charge is 2.31. The van der Waals surface area contributed by atoms with Gasteiger partial charge in [-0.15, -0.1) is 0 Å². The average Bonchev–Trinajstić information content (AvgIpc) is 2.76. The van der Waals surface area contributed by atoms with Gasteiger partial charge >= 0.3 is 11.9 Å². The number of hydrogen-bond acceptors (Lipinski definition) is 8. The highest BCUT2D eigenvalue weighted by Crippen LogP contribution is 2.06. The number of carboxylic acid groups (broad SMARTS) is 2. The first-order chi connectivity index (χ1) is 17.1. The minimum atomic E-state index is -1.55. The molecule has 0 aromatic rings. The van der Waals surface area contributed by atoms with Gasteiger partial charge in [-0.1, -0.05) is 13.8 Å². The lowest BCUT2D eigenvalue weighted by Crippen LogP contribution is -2.57. The third kappa shape index (κ3) is 14.9. The van der Waals surface area contributed by atoms with Crippen LogP contribution in [0.25, 0.3) is 0 Å². The van der Waals surface area contributed by atoms with Crippen LogP contribution in [0.5, 0.6) is 0 Å². The van der Waals surface area contributed by atoms with Crippen molar-refractivity contribution in [3.63, 3.8) is 0 Å². The molecule has 13 N–H and O–H groups in total. The molecule has 210 valence electrons. The van der Waals surface area contributed by atoms with Crippen molar-refractivity contribution in [1.82, 2.24) is 16.0 Å². The first-order valence-electron chi connectivity index (χ1n) is 11.6. The maximum Gasteiger partial charge on any atom is 0.326 e. The molecule has 0 radical (unpaired) electrons. The minimum Gasteiger partial charge on any atom is -0.481 e. The van der Waals surface area contributed by atoms with Crippen molar-refractivity contribution in [3.8, 4) is 0 Å². The van der Waals surface area contributed by atoms with E-state index in [4.69, 9.17) is 28.0 Å². The molecule has 0 bridgehead atoms. The fourth-order valence-corrected chi connectivity index (χ4v) is 3.15. The molecule has 0 spiro atoms. The Balaban J connectivity index is 5.67. The normalized spacial score (nSPS) is 13.9. The molecule has 0 saturated carbocycles. The zero-order valence-corrected chi connectivity index (χ0v) is 20.9. The summed E-state index contributed by atoms with van der Waals surface area (Å²) in [6.45, 7) is 3.76. The van der Waals surface area contributed by atoms with Gasteiger partial charge in [0.15, 0.2) is 5.96 Å². The third-order valence-corrected chi connectivity index (χ3v) is 4.94. The van der Waals surface area contributed by atoms with Crippen LogP contribution in [0.1, 0.15) is 52.4 Å². The molecule has 4 amide bonds. The molecule has 16 nitrogen and oxygen atoms in total. The molecular weight excluding hydrogens is 492 g/mol. The summed E-state index contributed by atoms with van der Waals surface area (Å²) in [6, 6.07) is -5.31. The smallest absolute Gasteiger partial charge is 0.326 e. The Kier molecular flexibility index (Phi) is 14.9.